The standard InChI is InChI=1S/C13H18FNO4S/c1-3-6-15(8-13(16)17)20(18,19)9-11-5-4-10(2)12(14)7-11/h4-5,7H,3,6,8-9H2,1-2H3,(H,16,17). The van der Waals surface area contributed by atoms with Gasteiger partial charge >= 0.3 is 5.97 Å². The molecule has 5 nitrogen and oxygen atoms in total. The van der Waals surface area contributed by atoms with E-state index >= 15 is 0 Å². The molecule has 0 aromatic heterocycles. The van der Waals surface area contributed by atoms with Crippen molar-refractivity contribution in [1.82, 2.24) is 4.31 Å². The number of carboxylic acids is 1. The minimum absolute atomic E-state index is 0.128. The molecule has 1 rings (SSSR count). The lowest BCUT2D eigenvalue weighted by molar-refractivity contribution is -0.137. The van der Waals surface area contributed by atoms with Gasteiger partial charge in [-0.2, -0.15) is 4.31 Å². The SMILES string of the molecule is CCCN(CC(=O)O)S(=O)(=O)Cc1ccc(C)c(F)c1. The second kappa shape index (κ2) is 6.81. The van der Waals surface area contributed by atoms with Gasteiger partial charge < -0.3 is 5.11 Å². The zero-order valence-corrected chi connectivity index (χ0v) is 12.3. The van der Waals surface area contributed by atoms with Gasteiger partial charge in [-0.15, -0.1) is 0 Å². The van der Waals surface area contributed by atoms with E-state index in [0.29, 0.717) is 17.5 Å². The number of hydrogen-bond acceptors (Lipinski definition) is 3. The van der Waals surface area contributed by atoms with Crippen LogP contribution in [0.4, 0.5) is 4.39 Å². The van der Waals surface area contributed by atoms with E-state index < -0.39 is 34.1 Å². The highest BCUT2D eigenvalue weighted by Gasteiger charge is 2.24. The van der Waals surface area contributed by atoms with Gasteiger partial charge in [0.25, 0.3) is 0 Å². The van der Waals surface area contributed by atoms with Crippen molar-refractivity contribution in [3.05, 3.63) is 35.1 Å². The summed E-state index contributed by atoms with van der Waals surface area (Å²) >= 11 is 0. The van der Waals surface area contributed by atoms with E-state index in [1.807, 2.05) is 0 Å². The molecule has 0 bridgehead atoms. The Hall–Kier alpha value is -1.47. The first kappa shape index (κ1) is 16.6. The lowest BCUT2D eigenvalue weighted by Crippen LogP contribution is -2.37. The van der Waals surface area contributed by atoms with Crippen molar-refractivity contribution < 1.29 is 22.7 Å². The highest BCUT2D eigenvalue weighted by molar-refractivity contribution is 7.88. The summed E-state index contributed by atoms with van der Waals surface area (Å²) in [7, 11) is -3.78. The predicted octanol–water partition coefficient (Wildman–Crippen LogP) is 1.76. The Bertz CT molecular complexity index is 586. The Morgan fingerprint density at radius 2 is 2.05 bits per heavy atom. The van der Waals surface area contributed by atoms with Crippen molar-refractivity contribution in [2.45, 2.75) is 26.0 Å². The number of aliphatic carboxylic acids is 1. The van der Waals surface area contributed by atoms with Crippen LogP contribution in [-0.4, -0.2) is 36.9 Å². The van der Waals surface area contributed by atoms with Gasteiger partial charge in [0.05, 0.1) is 5.75 Å². The van der Waals surface area contributed by atoms with Crippen LogP contribution in [0.15, 0.2) is 18.2 Å². The molecule has 0 heterocycles. The third-order valence-electron chi connectivity index (χ3n) is 2.76. The zero-order chi connectivity index (χ0) is 15.3. The van der Waals surface area contributed by atoms with Gasteiger partial charge in [0, 0.05) is 6.54 Å². The molecular weight excluding hydrogens is 285 g/mol. The van der Waals surface area contributed by atoms with Crippen molar-refractivity contribution >= 4 is 16.0 Å². The monoisotopic (exact) mass is 303 g/mol. The Balaban J connectivity index is 2.95. The second-order valence-corrected chi connectivity index (χ2v) is 6.54. The molecular formula is C13H18FNO4S. The molecule has 0 aliphatic heterocycles. The fourth-order valence-electron chi connectivity index (χ4n) is 1.74. The van der Waals surface area contributed by atoms with Gasteiger partial charge in [-0.25, -0.2) is 12.8 Å². The average Bonchev–Trinajstić information content (AvgIpc) is 2.32. The van der Waals surface area contributed by atoms with Gasteiger partial charge in [-0.3, -0.25) is 4.79 Å². The zero-order valence-electron chi connectivity index (χ0n) is 11.5. The van der Waals surface area contributed by atoms with E-state index in [4.69, 9.17) is 5.11 Å². The van der Waals surface area contributed by atoms with Crippen LogP contribution in [0.2, 0.25) is 0 Å². The fraction of sp³-hybridized carbons (Fsp3) is 0.462. The summed E-state index contributed by atoms with van der Waals surface area (Å²) in [6, 6.07) is 4.19. The van der Waals surface area contributed by atoms with Crippen LogP contribution in [0.3, 0.4) is 0 Å². The molecule has 0 aliphatic rings. The Labute approximate surface area is 118 Å². The molecule has 0 spiro atoms. The van der Waals surface area contributed by atoms with Crippen molar-refractivity contribution in [1.29, 1.82) is 0 Å². The fourth-order valence-corrected chi connectivity index (χ4v) is 3.30. The Morgan fingerprint density at radius 3 is 2.55 bits per heavy atom. The summed E-state index contributed by atoms with van der Waals surface area (Å²) in [6.07, 6.45) is 0.509. The summed E-state index contributed by atoms with van der Waals surface area (Å²) in [5.41, 5.74) is 0.738. The first-order chi connectivity index (χ1) is 9.26. The van der Waals surface area contributed by atoms with Crippen molar-refractivity contribution in [3.63, 3.8) is 0 Å². The molecule has 20 heavy (non-hydrogen) atoms. The van der Waals surface area contributed by atoms with Crippen LogP contribution >= 0.6 is 0 Å². The molecule has 0 aliphatic carbocycles. The van der Waals surface area contributed by atoms with Gasteiger partial charge in [0.1, 0.15) is 12.4 Å². The molecule has 1 aromatic carbocycles. The normalized spacial score (nSPS) is 11.8. The number of benzene rings is 1. The molecule has 0 amide bonds. The number of nitrogens with zero attached hydrogens (tertiary/aromatic N) is 1. The molecule has 0 saturated carbocycles. The first-order valence-electron chi connectivity index (χ1n) is 6.21. The molecule has 1 aromatic rings. The number of aryl methyl sites for hydroxylation is 1. The van der Waals surface area contributed by atoms with Gasteiger partial charge in [0.2, 0.25) is 10.0 Å². The van der Waals surface area contributed by atoms with Crippen LogP contribution < -0.4 is 0 Å². The lowest BCUT2D eigenvalue weighted by Gasteiger charge is -2.19. The van der Waals surface area contributed by atoms with Crippen LogP contribution in [-0.2, 0) is 20.6 Å². The quantitative estimate of drug-likeness (QED) is 0.833. The number of carboxylic acid groups (broad SMARTS) is 1. The predicted molar refractivity (Wildman–Crippen MR) is 73.3 cm³/mol. The van der Waals surface area contributed by atoms with E-state index in [1.54, 1.807) is 13.8 Å². The molecule has 7 heteroatoms. The van der Waals surface area contributed by atoms with Crippen LogP contribution in [0.25, 0.3) is 0 Å². The van der Waals surface area contributed by atoms with Gasteiger partial charge in [-0.05, 0) is 30.5 Å². The maximum absolute atomic E-state index is 13.4. The van der Waals surface area contributed by atoms with Crippen molar-refractivity contribution in [2.24, 2.45) is 0 Å². The smallest absolute Gasteiger partial charge is 0.318 e. The summed E-state index contributed by atoms with van der Waals surface area (Å²) in [5.74, 6) is -2.09. The molecule has 0 unspecified atom stereocenters. The third kappa shape index (κ3) is 4.57. The number of halogens is 1. The first-order valence-corrected chi connectivity index (χ1v) is 7.82. The Morgan fingerprint density at radius 1 is 1.40 bits per heavy atom. The van der Waals surface area contributed by atoms with Gasteiger partial charge in [-0.1, -0.05) is 19.1 Å². The minimum atomic E-state index is -3.78. The third-order valence-corrected chi connectivity index (χ3v) is 4.56. The summed E-state index contributed by atoms with van der Waals surface area (Å²) in [5, 5.41) is 8.75. The van der Waals surface area contributed by atoms with E-state index in [-0.39, 0.29) is 6.54 Å². The molecule has 0 saturated heterocycles. The van der Waals surface area contributed by atoms with Crippen LogP contribution in [0, 0.1) is 12.7 Å². The average molecular weight is 303 g/mol. The van der Waals surface area contributed by atoms with Crippen molar-refractivity contribution in [3.8, 4) is 0 Å². The largest absolute Gasteiger partial charge is 0.480 e. The summed E-state index contributed by atoms with van der Waals surface area (Å²) in [4.78, 5) is 10.7. The maximum atomic E-state index is 13.4. The topological polar surface area (TPSA) is 74.7 Å². The maximum Gasteiger partial charge on any atom is 0.318 e. The number of rotatable bonds is 7. The minimum Gasteiger partial charge on any atom is -0.480 e. The van der Waals surface area contributed by atoms with Gasteiger partial charge in [0.15, 0.2) is 0 Å². The summed E-state index contributed by atoms with van der Waals surface area (Å²) in [6.45, 7) is 2.89. The van der Waals surface area contributed by atoms with E-state index in [1.165, 1.54) is 12.1 Å². The number of hydrogen-bond donors (Lipinski definition) is 1. The lowest BCUT2D eigenvalue weighted by atomic mass is 10.2. The second-order valence-electron chi connectivity index (χ2n) is 4.57. The van der Waals surface area contributed by atoms with Crippen LogP contribution in [0.5, 0.6) is 0 Å². The molecule has 1 N–H and O–H groups in total. The molecule has 0 atom stereocenters. The van der Waals surface area contributed by atoms with Crippen LogP contribution in [0.1, 0.15) is 24.5 Å². The summed E-state index contributed by atoms with van der Waals surface area (Å²) < 4.78 is 38.6. The highest BCUT2D eigenvalue weighted by atomic mass is 32.2. The number of sulfonamides is 1. The molecule has 0 radical (unpaired) electrons. The van der Waals surface area contributed by atoms with E-state index in [9.17, 15) is 17.6 Å². The van der Waals surface area contributed by atoms with E-state index in [2.05, 4.69) is 0 Å². The molecule has 0 fully saturated rings. The van der Waals surface area contributed by atoms with Crippen molar-refractivity contribution in [2.75, 3.05) is 13.1 Å². The number of carbonyl (C=O) groups is 1. The highest BCUT2D eigenvalue weighted by Crippen LogP contribution is 2.15. The van der Waals surface area contributed by atoms with E-state index in [0.717, 1.165) is 10.4 Å². The molecule has 112 valence electrons. The Kier molecular flexibility index (Phi) is 5.64.